The average molecular weight is 477 g/mol. The summed E-state index contributed by atoms with van der Waals surface area (Å²) >= 11 is 0. The Morgan fingerprint density at radius 2 is 0.676 bits per heavy atom. The second kappa shape index (κ2) is 24.1. The summed E-state index contributed by atoms with van der Waals surface area (Å²) in [5, 5.41) is 0. The van der Waals surface area contributed by atoms with Crippen molar-refractivity contribution in [3.63, 3.8) is 0 Å². The van der Waals surface area contributed by atoms with Crippen LogP contribution in [0.3, 0.4) is 0 Å². The van der Waals surface area contributed by atoms with Gasteiger partial charge in [0.2, 0.25) is 0 Å². The largest absolute Gasteiger partial charge is 0.356 e. The summed E-state index contributed by atoms with van der Waals surface area (Å²) in [4.78, 5) is 5.31. The lowest BCUT2D eigenvalue weighted by Gasteiger charge is -2.33. The third kappa shape index (κ3) is 16.9. The molecular weight excluding hydrogens is 412 g/mol. The molecule has 0 aromatic rings. The monoisotopic (exact) mass is 477 g/mol. The summed E-state index contributed by atoms with van der Waals surface area (Å²) in [6.45, 7) is 9.46. The summed E-state index contributed by atoms with van der Waals surface area (Å²) < 4.78 is 0. The van der Waals surface area contributed by atoms with Crippen molar-refractivity contribution in [1.82, 2.24) is 9.80 Å². The molecular formula is C32H64N2. The molecule has 0 radical (unpaired) electrons. The first-order chi connectivity index (χ1) is 16.8. The third-order valence-corrected chi connectivity index (χ3v) is 7.82. The van der Waals surface area contributed by atoms with Gasteiger partial charge < -0.3 is 9.80 Å². The quantitative estimate of drug-likeness (QED) is 0.114. The summed E-state index contributed by atoms with van der Waals surface area (Å²) in [7, 11) is 0. The fourth-order valence-electron chi connectivity index (χ4n) is 5.47. The fraction of sp³-hybridized carbons (Fsp3) is 0.938. The lowest BCUT2D eigenvalue weighted by atomic mass is 10.0. The molecule has 1 aliphatic rings. The summed E-state index contributed by atoms with van der Waals surface area (Å²) in [6, 6.07) is 0. The molecule has 1 heterocycles. The van der Waals surface area contributed by atoms with E-state index in [9.17, 15) is 0 Å². The zero-order valence-electron chi connectivity index (χ0n) is 24.0. The van der Waals surface area contributed by atoms with E-state index >= 15 is 0 Å². The Morgan fingerprint density at radius 3 is 1.00 bits per heavy atom. The summed E-state index contributed by atoms with van der Waals surface area (Å²) in [5.41, 5.74) is 0. The first-order valence-electron chi connectivity index (χ1n) is 16.0. The Hall–Kier alpha value is -0.660. The third-order valence-electron chi connectivity index (χ3n) is 7.82. The Bertz CT molecular complexity index is 433. The van der Waals surface area contributed by atoms with Crippen LogP contribution in [0, 0.1) is 0 Å². The fourth-order valence-corrected chi connectivity index (χ4v) is 5.47. The van der Waals surface area contributed by atoms with Crippen molar-refractivity contribution in [3.05, 3.63) is 12.4 Å². The van der Waals surface area contributed by atoms with Crippen molar-refractivity contribution < 1.29 is 0 Å². The van der Waals surface area contributed by atoms with Crippen LogP contribution < -0.4 is 0 Å². The Kier molecular flexibility index (Phi) is 22.2. The Morgan fingerprint density at radius 1 is 0.382 bits per heavy atom. The Labute approximate surface area is 216 Å². The summed E-state index contributed by atoms with van der Waals surface area (Å²) in [6.07, 6.45) is 39.6. The van der Waals surface area contributed by atoms with Crippen molar-refractivity contribution >= 4 is 0 Å². The molecule has 0 aromatic heterocycles. The van der Waals surface area contributed by atoms with E-state index in [0.29, 0.717) is 6.17 Å². The molecule has 1 unspecified atom stereocenters. The van der Waals surface area contributed by atoms with Crippen LogP contribution in [-0.4, -0.2) is 29.1 Å². The van der Waals surface area contributed by atoms with Gasteiger partial charge in [0.15, 0.2) is 0 Å². The van der Waals surface area contributed by atoms with Crippen LogP contribution in [-0.2, 0) is 0 Å². The van der Waals surface area contributed by atoms with Crippen molar-refractivity contribution in [2.45, 2.75) is 181 Å². The van der Waals surface area contributed by atoms with E-state index in [4.69, 9.17) is 0 Å². The highest BCUT2D eigenvalue weighted by atomic mass is 15.4. The lowest BCUT2D eigenvalue weighted by molar-refractivity contribution is 0.136. The number of rotatable bonds is 26. The molecule has 0 saturated heterocycles. The molecule has 0 bridgehead atoms. The Balaban J connectivity index is 1.98. The van der Waals surface area contributed by atoms with E-state index in [-0.39, 0.29) is 0 Å². The zero-order valence-corrected chi connectivity index (χ0v) is 24.0. The minimum Gasteiger partial charge on any atom is -0.356 e. The highest BCUT2D eigenvalue weighted by molar-refractivity contribution is 4.96. The van der Waals surface area contributed by atoms with Crippen molar-refractivity contribution in [2.24, 2.45) is 0 Å². The standard InChI is InChI=1S/C32H64N2/c1-4-7-10-12-13-14-15-16-17-18-19-20-21-22-24-26-29-34-31-30-33(32(34)27-9-6-3)28-25-23-11-8-5-2/h30-32H,4-29H2,1-3H3. The van der Waals surface area contributed by atoms with Crippen molar-refractivity contribution in [2.75, 3.05) is 13.1 Å². The lowest BCUT2D eigenvalue weighted by Crippen LogP contribution is -2.39. The van der Waals surface area contributed by atoms with E-state index in [0.717, 1.165) is 0 Å². The number of hydrogen-bond donors (Lipinski definition) is 0. The molecule has 2 nitrogen and oxygen atoms in total. The number of hydrogen-bond acceptors (Lipinski definition) is 2. The first kappa shape index (κ1) is 31.4. The number of unbranched alkanes of at least 4 members (excludes halogenated alkanes) is 20. The van der Waals surface area contributed by atoms with Gasteiger partial charge in [0.1, 0.15) is 6.17 Å². The molecule has 0 saturated carbocycles. The second-order valence-corrected chi connectivity index (χ2v) is 11.1. The van der Waals surface area contributed by atoms with E-state index in [1.54, 1.807) is 0 Å². The van der Waals surface area contributed by atoms with Gasteiger partial charge in [-0.25, -0.2) is 0 Å². The molecule has 0 fully saturated rings. The molecule has 1 aliphatic heterocycles. The van der Waals surface area contributed by atoms with Gasteiger partial charge in [-0.1, -0.05) is 149 Å². The first-order valence-corrected chi connectivity index (χ1v) is 16.0. The van der Waals surface area contributed by atoms with E-state index < -0.39 is 0 Å². The molecule has 202 valence electrons. The van der Waals surface area contributed by atoms with E-state index in [1.165, 1.54) is 167 Å². The molecule has 0 aliphatic carbocycles. The minimum atomic E-state index is 0.641. The smallest absolute Gasteiger partial charge is 0.101 e. The molecule has 34 heavy (non-hydrogen) atoms. The summed E-state index contributed by atoms with van der Waals surface area (Å²) in [5.74, 6) is 0. The van der Waals surface area contributed by atoms with Crippen LogP contribution in [0.1, 0.15) is 175 Å². The predicted molar refractivity (Wildman–Crippen MR) is 154 cm³/mol. The topological polar surface area (TPSA) is 6.48 Å². The maximum absolute atomic E-state index is 2.66. The van der Waals surface area contributed by atoms with Crippen LogP contribution in [0.15, 0.2) is 12.4 Å². The van der Waals surface area contributed by atoms with Crippen LogP contribution in [0.2, 0.25) is 0 Å². The van der Waals surface area contributed by atoms with Gasteiger partial charge in [-0.3, -0.25) is 0 Å². The highest BCUT2D eigenvalue weighted by Gasteiger charge is 2.24. The molecule has 1 atom stereocenters. The van der Waals surface area contributed by atoms with Gasteiger partial charge >= 0.3 is 0 Å². The van der Waals surface area contributed by atoms with Crippen molar-refractivity contribution in [1.29, 1.82) is 0 Å². The highest BCUT2D eigenvalue weighted by Crippen LogP contribution is 2.23. The molecule has 2 heteroatoms. The molecule has 0 amide bonds. The predicted octanol–water partition coefficient (Wildman–Crippen LogP) is 10.8. The van der Waals surface area contributed by atoms with E-state index in [2.05, 4.69) is 43.0 Å². The van der Waals surface area contributed by atoms with E-state index in [1.807, 2.05) is 0 Å². The normalized spacial score (nSPS) is 15.7. The van der Waals surface area contributed by atoms with Gasteiger partial charge in [0, 0.05) is 25.5 Å². The molecule has 0 N–H and O–H groups in total. The average Bonchev–Trinajstić information content (AvgIpc) is 3.23. The maximum atomic E-state index is 2.66. The molecule has 1 rings (SSSR count). The minimum absolute atomic E-state index is 0.641. The second-order valence-electron chi connectivity index (χ2n) is 11.1. The van der Waals surface area contributed by atoms with Crippen molar-refractivity contribution in [3.8, 4) is 0 Å². The van der Waals surface area contributed by atoms with Crippen LogP contribution in [0.4, 0.5) is 0 Å². The van der Waals surface area contributed by atoms with Gasteiger partial charge in [0.25, 0.3) is 0 Å². The number of nitrogens with zero attached hydrogens (tertiary/aromatic N) is 2. The maximum Gasteiger partial charge on any atom is 0.101 e. The zero-order chi connectivity index (χ0) is 24.5. The van der Waals surface area contributed by atoms with Gasteiger partial charge in [-0.15, -0.1) is 0 Å². The molecule has 0 spiro atoms. The van der Waals surface area contributed by atoms with Crippen LogP contribution >= 0.6 is 0 Å². The van der Waals surface area contributed by atoms with Crippen LogP contribution in [0.25, 0.3) is 0 Å². The van der Waals surface area contributed by atoms with Gasteiger partial charge in [0.05, 0.1) is 0 Å². The van der Waals surface area contributed by atoms with Crippen LogP contribution in [0.5, 0.6) is 0 Å². The van der Waals surface area contributed by atoms with Gasteiger partial charge in [-0.2, -0.15) is 0 Å². The molecule has 0 aromatic carbocycles. The SMILES string of the molecule is CCCCCCCCCCCCCCCCCCN1C=CN(CCCCCCC)C1CCCC. The van der Waals surface area contributed by atoms with Gasteiger partial charge in [-0.05, 0) is 25.7 Å².